The lowest BCUT2D eigenvalue weighted by Crippen LogP contribution is -2.25. The third-order valence-electron chi connectivity index (χ3n) is 9.47. The highest BCUT2D eigenvalue weighted by Crippen LogP contribution is 2.45. The number of benzene rings is 1. The van der Waals surface area contributed by atoms with Crippen LogP contribution in [0.3, 0.4) is 0 Å². The summed E-state index contributed by atoms with van der Waals surface area (Å²) in [6.07, 6.45) is 24.5. The predicted octanol–water partition coefficient (Wildman–Crippen LogP) is 10.1. The van der Waals surface area contributed by atoms with Crippen LogP contribution in [0.15, 0.2) is 30.9 Å². The van der Waals surface area contributed by atoms with E-state index in [4.69, 9.17) is 11.6 Å². The Morgan fingerprint density at radius 1 is 0.750 bits per heavy atom. The summed E-state index contributed by atoms with van der Waals surface area (Å²) < 4.78 is 13.8. The topological polar surface area (TPSA) is 0 Å². The molecule has 0 N–H and O–H groups in total. The largest absolute Gasteiger partial charge is 0.205 e. The molecule has 178 valence electrons. The van der Waals surface area contributed by atoms with Crippen LogP contribution in [-0.2, 0) is 0 Å². The molecule has 0 amide bonds. The zero-order valence-electron chi connectivity index (χ0n) is 20.1. The highest BCUT2D eigenvalue weighted by Gasteiger charge is 2.32. The maximum Gasteiger partial charge on any atom is 0.142 e. The zero-order valence-corrected chi connectivity index (χ0v) is 20.8. The van der Waals surface area contributed by atoms with Gasteiger partial charge in [-0.15, -0.1) is 6.58 Å². The maximum absolute atomic E-state index is 13.8. The van der Waals surface area contributed by atoms with Crippen molar-refractivity contribution >= 4 is 11.6 Å². The van der Waals surface area contributed by atoms with Crippen LogP contribution in [0, 0.1) is 35.4 Å². The predicted molar refractivity (Wildman–Crippen MR) is 136 cm³/mol. The van der Waals surface area contributed by atoms with E-state index in [0.29, 0.717) is 5.92 Å². The molecule has 4 rings (SSSR count). The van der Waals surface area contributed by atoms with Gasteiger partial charge in [0.25, 0.3) is 0 Å². The summed E-state index contributed by atoms with van der Waals surface area (Å²) in [5.74, 6) is 5.13. The van der Waals surface area contributed by atoms with E-state index in [1.807, 2.05) is 6.07 Å². The minimum atomic E-state index is -0.259. The number of hydrogen-bond acceptors (Lipinski definition) is 0. The fourth-order valence-electron chi connectivity index (χ4n) is 7.27. The summed E-state index contributed by atoms with van der Waals surface area (Å²) in [4.78, 5) is 0. The molecule has 1 aromatic rings. The van der Waals surface area contributed by atoms with Gasteiger partial charge in [0.15, 0.2) is 0 Å². The van der Waals surface area contributed by atoms with Gasteiger partial charge in [0.2, 0.25) is 0 Å². The molecule has 3 fully saturated rings. The highest BCUT2D eigenvalue weighted by molar-refractivity contribution is 6.30. The van der Waals surface area contributed by atoms with Crippen LogP contribution in [0.4, 0.5) is 4.39 Å². The standard InChI is InChI=1S/C30H44ClF/c1-2-3-4-22-5-7-23(8-6-22)9-10-24-11-13-25(14-12-24)26-15-17-27(18-16-26)28-19-20-29(31)30(32)21-28/h2,19-27H,1,3-18H2. The SMILES string of the molecule is C=CCCC1CCC(CCC2CCC(C3CCC(c4ccc(Cl)c(F)c4)CC3)CC2)CC1. The van der Waals surface area contributed by atoms with Crippen molar-refractivity contribution in [1.29, 1.82) is 0 Å². The van der Waals surface area contributed by atoms with Gasteiger partial charge < -0.3 is 0 Å². The first-order valence-corrected chi connectivity index (χ1v) is 14.1. The smallest absolute Gasteiger partial charge is 0.142 e. The Morgan fingerprint density at radius 2 is 1.25 bits per heavy atom. The van der Waals surface area contributed by atoms with Crippen molar-refractivity contribution < 1.29 is 4.39 Å². The number of rotatable bonds is 8. The van der Waals surface area contributed by atoms with E-state index < -0.39 is 0 Å². The lowest BCUT2D eigenvalue weighted by atomic mass is 9.67. The second kappa shape index (κ2) is 12.0. The van der Waals surface area contributed by atoms with Crippen molar-refractivity contribution in [3.8, 4) is 0 Å². The summed E-state index contributed by atoms with van der Waals surface area (Å²) in [7, 11) is 0. The van der Waals surface area contributed by atoms with Gasteiger partial charge >= 0.3 is 0 Å². The normalized spacial score (nSPS) is 33.7. The van der Waals surface area contributed by atoms with E-state index in [-0.39, 0.29) is 10.8 Å². The molecule has 0 saturated heterocycles. The van der Waals surface area contributed by atoms with Crippen LogP contribution >= 0.6 is 11.6 Å². The Labute approximate surface area is 201 Å². The lowest BCUT2D eigenvalue weighted by molar-refractivity contribution is 0.149. The van der Waals surface area contributed by atoms with Crippen molar-refractivity contribution in [2.45, 2.75) is 109 Å². The lowest BCUT2D eigenvalue weighted by Gasteiger charge is -2.38. The van der Waals surface area contributed by atoms with Crippen molar-refractivity contribution in [3.05, 3.63) is 47.3 Å². The van der Waals surface area contributed by atoms with Crippen molar-refractivity contribution in [2.75, 3.05) is 0 Å². The van der Waals surface area contributed by atoms with Gasteiger partial charge in [0.1, 0.15) is 5.82 Å². The van der Waals surface area contributed by atoms with E-state index >= 15 is 0 Å². The van der Waals surface area contributed by atoms with Crippen LogP contribution in [-0.4, -0.2) is 0 Å². The van der Waals surface area contributed by atoms with Gasteiger partial charge in [-0.05, 0) is 105 Å². The fourth-order valence-corrected chi connectivity index (χ4v) is 7.39. The molecule has 32 heavy (non-hydrogen) atoms. The molecular weight excluding hydrogens is 415 g/mol. The fraction of sp³-hybridized carbons (Fsp3) is 0.733. The monoisotopic (exact) mass is 458 g/mol. The molecule has 0 nitrogen and oxygen atoms in total. The van der Waals surface area contributed by atoms with Crippen molar-refractivity contribution in [3.63, 3.8) is 0 Å². The van der Waals surface area contributed by atoms with Gasteiger partial charge in [-0.3, -0.25) is 0 Å². The Balaban J connectivity index is 1.12. The molecule has 1 aromatic carbocycles. The Hall–Kier alpha value is -0.820. The molecule has 2 heteroatoms. The third kappa shape index (κ3) is 6.62. The van der Waals surface area contributed by atoms with E-state index in [9.17, 15) is 4.39 Å². The van der Waals surface area contributed by atoms with Crippen LogP contribution < -0.4 is 0 Å². The van der Waals surface area contributed by atoms with Crippen molar-refractivity contribution in [2.24, 2.45) is 29.6 Å². The molecule has 0 aliphatic heterocycles. The van der Waals surface area contributed by atoms with Crippen LogP contribution in [0.5, 0.6) is 0 Å². The molecule has 0 spiro atoms. The summed E-state index contributed by atoms with van der Waals surface area (Å²) in [5.41, 5.74) is 1.16. The van der Waals surface area contributed by atoms with Crippen LogP contribution in [0.2, 0.25) is 5.02 Å². The molecule has 0 radical (unpaired) electrons. The zero-order chi connectivity index (χ0) is 22.3. The molecular formula is C30H44ClF. The molecule has 3 saturated carbocycles. The third-order valence-corrected chi connectivity index (χ3v) is 9.78. The van der Waals surface area contributed by atoms with Crippen LogP contribution in [0.1, 0.15) is 114 Å². The van der Waals surface area contributed by atoms with Gasteiger partial charge in [-0.1, -0.05) is 75.1 Å². The number of hydrogen-bond donors (Lipinski definition) is 0. The Kier molecular flexibility index (Phi) is 9.15. The minimum Gasteiger partial charge on any atom is -0.205 e. The second-order valence-electron chi connectivity index (χ2n) is 11.4. The molecule has 0 bridgehead atoms. The molecule has 0 atom stereocenters. The van der Waals surface area contributed by atoms with Crippen LogP contribution in [0.25, 0.3) is 0 Å². The summed E-state index contributed by atoms with van der Waals surface area (Å²) >= 11 is 5.87. The Bertz CT molecular complexity index is 704. The van der Waals surface area contributed by atoms with Gasteiger partial charge in [0.05, 0.1) is 5.02 Å². The Morgan fingerprint density at radius 3 is 1.78 bits per heavy atom. The number of halogens is 2. The molecule has 0 aromatic heterocycles. The molecule has 0 heterocycles. The summed E-state index contributed by atoms with van der Waals surface area (Å²) in [6, 6.07) is 5.44. The first-order chi connectivity index (χ1) is 15.6. The van der Waals surface area contributed by atoms with Gasteiger partial charge in [-0.2, -0.15) is 0 Å². The average molecular weight is 459 g/mol. The number of allylic oxidation sites excluding steroid dienone is 1. The summed E-state index contributed by atoms with van der Waals surface area (Å²) in [6.45, 7) is 3.88. The summed E-state index contributed by atoms with van der Waals surface area (Å²) in [5, 5.41) is 0.246. The first-order valence-electron chi connectivity index (χ1n) is 13.7. The second-order valence-corrected chi connectivity index (χ2v) is 11.8. The molecule has 3 aliphatic rings. The van der Waals surface area contributed by atoms with E-state index in [1.54, 1.807) is 12.1 Å². The van der Waals surface area contributed by atoms with Gasteiger partial charge in [0, 0.05) is 0 Å². The quantitative estimate of drug-likeness (QED) is 0.340. The molecule has 3 aliphatic carbocycles. The van der Waals surface area contributed by atoms with Gasteiger partial charge in [-0.25, -0.2) is 4.39 Å². The van der Waals surface area contributed by atoms with E-state index in [1.165, 1.54) is 103 Å². The average Bonchev–Trinajstić information content (AvgIpc) is 2.84. The molecule has 0 unspecified atom stereocenters. The maximum atomic E-state index is 13.8. The minimum absolute atomic E-state index is 0.246. The van der Waals surface area contributed by atoms with E-state index in [2.05, 4.69) is 12.7 Å². The van der Waals surface area contributed by atoms with Crippen molar-refractivity contribution in [1.82, 2.24) is 0 Å². The van der Waals surface area contributed by atoms with E-state index in [0.717, 1.165) is 35.2 Å². The highest BCUT2D eigenvalue weighted by atomic mass is 35.5. The first kappa shape index (κ1) is 24.3.